The summed E-state index contributed by atoms with van der Waals surface area (Å²) in [6.45, 7) is 1.52. The van der Waals surface area contributed by atoms with E-state index in [-0.39, 0.29) is 12.8 Å². The van der Waals surface area contributed by atoms with Crippen LogP contribution in [0.1, 0.15) is 6.42 Å². The van der Waals surface area contributed by atoms with Crippen molar-refractivity contribution in [2.24, 2.45) is 0 Å². The van der Waals surface area contributed by atoms with Crippen molar-refractivity contribution in [1.29, 1.82) is 0 Å². The molecule has 21 heavy (non-hydrogen) atoms. The van der Waals surface area contributed by atoms with Crippen LogP contribution in [-0.4, -0.2) is 47.4 Å². The van der Waals surface area contributed by atoms with Crippen LogP contribution >= 0.6 is 0 Å². The lowest BCUT2D eigenvalue weighted by molar-refractivity contribution is 0.0307. The Labute approximate surface area is 122 Å². The Bertz CT molecular complexity index is 579. The van der Waals surface area contributed by atoms with Crippen LogP contribution in [0, 0.1) is 0 Å². The number of morpholine rings is 1. The summed E-state index contributed by atoms with van der Waals surface area (Å²) in [7, 11) is 0. The molecule has 1 unspecified atom stereocenters. The minimum absolute atomic E-state index is 0.0966. The Balaban J connectivity index is 1.79. The van der Waals surface area contributed by atoms with Crippen molar-refractivity contribution >= 4 is 5.95 Å². The predicted molar refractivity (Wildman–Crippen MR) is 77.8 cm³/mol. The first-order valence-corrected chi connectivity index (χ1v) is 7.04. The van der Waals surface area contributed by atoms with Gasteiger partial charge in [-0.15, -0.1) is 0 Å². The Morgan fingerprint density at radius 1 is 1.24 bits per heavy atom. The SMILES string of the molecule is FCCC1CN(c2ncnc(-c3ccccc3)n2)CCO1. The summed E-state index contributed by atoms with van der Waals surface area (Å²) in [6, 6.07) is 9.78. The molecule has 0 saturated carbocycles. The van der Waals surface area contributed by atoms with Gasteiger partial charge in [0.25, 0.3) is 0 Å². The zero-order valence-corrected chi connectivity index (χ0v) is 11.7. The van der Waals surface area contributed by atoms with E-state index in [1.165, 1.54) is 6.33 Å². The highest BCUT2D eigenvalue weighted by molar-refractivity contribution is 5.55. The lowest BCUT2D eigenvalue weighted by Crippen LogP contribution is -2.43. The minimum atomic E-state index is -0.370. The molecule has 110 valence electrons. The summed E-state index contributed by atoms with van der Waals surface area (Å²) in [5.74, 6) is 1.27. The maximum Gasteiger partial charge on any atom is 0.229 e. The molecule has 0 aliphatic carbocycles. The van der Waals surface area contributed by atoms with E-state index < -0.39 is 0 Å². The number of halogens is 1. The molecule has 0 spiro atoms. The number of alkyl halides is 1. The molecule has 0 radical (unpaired) electrons. The molecule has 0 amide bonds. The second-order valence-electron chi connectivity index (χ2n) is 4.89. The van der Waals surface area contributed by atoms with Crippen LogP contribution in [0.2, 0.25) is 0 Å². The fourth-order valence-corrected chi connectivity index (χ4v) is 2.36. The van der Waals surface area contributed by atoms with E-state index >= 15 is 0 Å². The number of aromatic nitrogens is 3. The number of benzene rings is 1. The van der Waals surface area contributed by atoms with Gasteiger partial charge < -0.3 is 9.64 Å². The molecule has 5 nitrogen and oxygen atoms in total. The fourth-order valence-electron chi connectivity index (χ4n) is 2.36. The maximum atomic E-state index is 12.5. The van der Waals surface area contributed by atoms with Gasteiger partial charge in [0.2, 0.25) is 5.95 Å². The number of anilines is 1. The van der Waals surface area contributed by atoms with Gasteiger partial charge in [-0.1, -0.05) is 30.3 Å². The highest BCUT2D eigenvalue weighted by Gasteiger charge is 2.22. The van der Waals surface area contributed by atoms with Crippen molar-refractivity contribution in [3.8, 4) is 11.4 Å². The van der Waals surface area contributed by atoms with Crippen molar-refractivity contribution in [1.82, 2.24) is 15.0 Å². The van der Waals surface area contributed by atoms with Crippen LogP contribution in [0.4, 0.5) is 10.3 Å². The lowest BCUT2D eigenvalue weighted by atomic mass is 10.2. The second-order valence-corrected chi connectivity index (χ2v) is 4.89. The van der Waals surface area contributed by atoms with E-state index in [9.17, 15) is 4.39 Å². The molecule has 0 N–H and O–H groups in total. The van der Waals surface area contributed by atoms with Gasteiger partial charge in [-0.2, -0.15) is 4.98 Å². The highest BCUT2D eigenvalue weighted by Crippen LogP contribution is 2.18. The van der Waals surface area contributed by atoms with E-state index in [0.29, 0.717) is 37.9 Å². The van der Waals surface area contributed by atoms with Gasteiger partial charge >= 0.3 is 0 Å². The zero-order chi connectivity index (χ0) is 14.5. The van der Waals surface area contributed by atoms with Crippen LogP contribution in [0.15, 0.2) is 36.7 Å². The van der Waals surface area contributed by atoms with E-state index in [1.54, 1.807) is 0 Å². The Kier molecular flexibility index (Phi) is 4.35. The van der Waals surface area contributed by atoms with E-state index in [0.717, 1.165) is 5.56 Å². The van der Waals surface area contributed by atoms with Gasteiger partial charge in [0, 0.05) is 25.1 Å². The van der Waals surface area contributed by atoms with E-state index in [4.69, 9.17) is 4.74 Å². The molecule has 1 aromatic heterocycles. The number of rotatable bonds is 4. The zero-order valence-electron chi connectivity index (χ0n) is 11.7. The van der Waals surface area contributed by atoms with Crippen molar-refractivity contribution in [3.63, 3.8) is 0 Å². The maximum absolute atomic E-state index is 12.5. The molecule has 3 rings (SSSR count). The Hall–Kier alpha value is -2.08. The third kappa shape index (κ3) is 3.33. The van der Waals surface area contributed by atoms with Crippen LogP contribution in [0.25, 0.3) is 11.4 Å². The van der Waals surface area contributed by atoms with Gasteiger partial charge in [-0.3, -0.25) is 4.39 Å². The van der Waals surface area contributed by atoms with Gasteiger partial charge in [0.15, 0.2) is 5.82 Å². The predicted octanol–water partition coefficient (Wildman–Crippen LogP) is 2.10. The molecular formula is C15H17FN4O. The first-order chi connectivity index (χ1) is 10.4. The van der Waals surface area contributed by atoms with Crippen LogP contribution < -0.4 is 4.90 Å². The van der Waals surface area contributed by atoms with Crippen molar-refractivity contribution in [3.05, 3.63) is 36.7 Å². The molecule has 1 fully saturated rings. The average molecular weight is 288 g/mol. The number of hydrogen-bond acceptors (Lipinski definition) is 5. The van der Waals surface area contributed by atoms with E-state index in [1.807, 2.05) is 35.2 Å². The molecule has 1 aliphatic heterocycles. The fraction of sp³-hybridized carbons (Fsp3) is 0.400. The topological polar surface area (TPSA) is 51.1 Å². The molecule has 6 heteroatoms. The Morgan fingerprint density at radius 2 is 2.10 bits per heavy atom. The van der Waals surface area contributed by atoms with Gasteiger partial charge in [0.05, 0.1) is 19.4 Å². The third-order valence-corrected chi connectivity index (χ3v) is 3.44. The summed E-state index contributed by atoms with van der Waals surface area (Å²) in [4.78, 5) is 15.0. The van der Waals surface area contributed by atoms with Crippen molar-refractivity contribution < 1.29 is 9.13 Å². The van der Waals surface area contributed by atoms with Crippen LogP contribution in [0.5, 0.6) is 0 Å². The first-order valence-electron chi connectivity index (χ1n) is 7.04. The van der Waals surface area contributed by atoms with Gasteiger partial charge in [0.1, 0.15) is 6.33 Å². The molecule has 0 bridgehead atoms. The Morgan fingerprint density at radius 3 is 2.90 bits per heavy atom. The smallest absolute Gasteiger partial charge is 0.229 e. The molecule has 2 heterocycles. The monoisotopic (exact) mass is 288 g/mol. The van der Waals surface area contributed by atoms with Crippen LogP contribution in [0.3, 0.4) is 0 Å². The van der Waals surface area contributed by atoms with E-state index in [2.05, 4.69) is 15.0 Å². The number of ether oxygens (including phenoxy) is 1. The number of nitrogens with zero attached hydrogens (tertiary/aromatic N) is 4. The average Bonchev–Trinajstić information content (AvgIpc) is 2.56. The summed E-state index contributed by atoms with van der Waals surface area (Å²) in [5.41, 5.74) is 0.953. The van der Waals surface area contributed by atoms with Crippen molar-refractivity contribution in [2.75, 3.05) is 31.3 Å². The summed E-state index contributed by atoms with van der Waals surface area (Å²) >= 11 is 0. The molecular weight excluding hydrogens is 271 g/mol. The normalized spacial score (nSPS) is 18.7. The largest absolute Gasteiger partial charge is 0.374 e. The van der Waals surface area contributed by atoms with Gasteiger partial charge in [-0.25, -0.2) is 9.97 Å². The third-order valence-electron chi connectivity index (χ3n) is 3.44. The van der Waals surface area contributed by atoms with Crippen LogP contribution in [-0.2, 0) is 4.74 Å². The quantitative estimate of drug-likeness (QED) is 0.862. The molecule has 2 aromatic rings. The summed E-state index contributed by atoms with van der Waals surface area (Å²) in [5, 5.41) is 0. The molecule has 1 atom stereocenters. The van der Waals surface area contributed by atoms with Crippen molar-refractivity contribution in [2.45, 2.75) is 12.5 Å². The molecule has 1 aliphatic rings. The highest BCUT2D eigenvalue weighted by atomic mass is 19.1. The minimum Gasteiger partial charge on any atom is -0.374 e. The summed E-state index contributed by atoms with van der Waals surface area (Å²) < 4.78 is 18.0. The first kappa shape index (κ1) is 13.9. The number of hydrogen-bond donors (Lipinski definition) is 0. The van der Waals surface area contributed by atoms with Gasteiger partial charge in [-0.05, 0) is 0 Å². The lowest BCUT2D eigenvalue weighted by Gasteiger charge is -2.32. The second kappa shape index (κ2) is 6.58. The molecule has 1 saturated heterocycles. The standard InChI is InChI=1S/C15H17FN4O/c16-7-6-13-10-20(8-9-21-13)15-18-11-17-14(19-15)12-4-2-1-3-5-12/h1-5,11,13H,6-10H2. The summed E-state index contributed by atoms with van der Waals surface area (Å²) in [6.07, 6.45) is 1.83. The molecule has 1 aromatic carbocycles.